The summed E-state index contributed by atoms with van der Waals surface area (Å²) in [6.07, 6.45) is 1.29. The maximum Gasteiger partial charge on any atom is 0.132 e. The van der Waals surface area contributed by atoms with Crippen molar-refractivity contribution in [2.24, 2.45) is 0 Å². The van der Waals surface area contributed by atoms with Crippen molar-refractivity contribution in [3.8, 4) is 11.3 Å². The van der Waals surface area contributed by atoms with Gasteiger partial charge in [-0.15, -0.1) is 0 Å². The van der Waals surface area contributed by atoms with Gasteiger partial charge < -0.3 is 9.90 Å². The standard InChI is InChI=1S/C26H20FNO2/c27-21-12-11-19-13-23(18-7-3-1-4-8-18)28-24(22(19)14-21)25(17-29)15-26(30,16-25)20-9-5-2-6-10-20/h1-14,17,30H,15-16H2. The number of hydrogen-bond acceptors (Lipinski definition) is 3. The number of aliphatic hydroxyl groups is 1. The Labute approximate surface area is 173 Å². The van der Waals surface area contributed by atoms with Crippen LogP contribution in [-0.2, 0) is 15.8 Å². The summed E-state index contributed by atoms with van der Waals surface area (Å²) in [5.41, 5.74) is 0.865. The van der Waals surface area contributed by atoms with Gasteiger partial charge in [0.1, 0.15) is 12.1 Å². The minimum Gasteiger partial charge on any atom is -0.385 e. The van der Waals surface area contributed by atoms with Crippen LogP contribution in [0, 0.1) is 5.82 Å². The zero-order valence-electron chi connectivity index (χ0n) is 16.3. The zero-order valence-corrected chi connectivity index (χ0v) is 16.3. The zero-order chi connectivity index (χ0) is 20.8. The number of fused-ring (bicyclic) bond motifs is 1. The first-order valence-corrected chi connectivity index (χ1v) is 9.94. The van der Waals surface area contributed by atoms with Crippen molar-refractivity contribution in [3.63, 3.8) is 0 Å². The van der Waals surface area contributed by atoms with Gasteiger partial charge in [0.05, 0.1) is 22.4 Å². The summed E-state index contributed by atoms with van der Waals surface area (Å²) in [4.78, 5) is 17.2. The number of hydrogen-bond donors (Lipinski definition) is 1. The number of pyridine rings is 1. The van der Waals surface area contributed by atoms with Crippen LogP contribution in [0.15, 0.2) is 84.9 Å². The van der Waals surface area contributed by atoms with Gasteiger partial charge in [-0.1, -0.05) is 66.7 Å². The molecule has 1 aliphatic carbocycles. The van der Waals surface area contributed by atoms with E-state index >= 15 is 0 Å². The molecule has 4 aromatic rings. The van der Waals surface area contributed by atoms with E-state index in [0.717, 1.165) is 28.5 Å². The number of rotatable bonds is 4. The lowest BCUT2D eigenvalue weighted by Crippen LogP contribution is -2.54. The molecule has 0 atom stereocenters. The molecule has 0 saturated heterocycles. The van der Waals surface area contributed by atoms with E-state index < -0.39 is 11.0 Å². The lowest BCUT2D eigenvalue weighted by molar-refractivity contribution is -0.136. The van der Waals surface area contributed by atoms with Crippen molar-refractivity contribution in [2.45, 2.75) is 23.9 Å². The fraction of sp³-hybridized carbons (Fsp3) is 0.154. The third-order valence-corrected chi connectivity index (χ3v) is 6.09. The smallest absolute Gasteiger partial charge is 0.132 e. The summed E-state index contributed by atoms with van der Waals surface area (Å²) in [5, 5.41) is 12.6. The van der Waals surface area contributed by atoms with Gasteiger partial charge >= 0.3 is 0 Å². The summed E-state index contributed by atoms with van der Waals surface area (Å²) in [6, 6.07) is 25.5. The van der Waals surface area contributed by atoms with E-state index in [4.69, 9.17) is 4.98 Å². The van der Waals surface area contributed by atoms with Crippen LogP contribution in [-0.4, -0.2) is 16.4 Å². The Morgan fingerprint density at radius 2 is 1.57 bits per heavy atom. The van der Waals surface area contributed by atoms with Gasteiger partial charge in [-0.3, -0.25) is 4.98 Å². The highest BCUT2D eigenvalue weighted by atomic mass is 19.1. The second kappa shape index (κ2) is 6.85. The van der Waals surface area contributed by atoms with E-state index in [2.05, 4.69) is 0 Å². The molecular weight excluding hydrogens is 377 g/mol. The van der Waals surface area contributed by atoms with Crippen LogP contribution in [0.2, 0.25) is 0 Å². The first-order chi connectivity index (χ1) is 14.5. The van der Waals surface area contributed by atoms with E-state index in [-0.39, 0.29) is 18.7 Å². The summed E-state index contributed by atoms with van der Waals surface area (Å²) in [7, 11) is 0. The van der Waals surface area contributed by atoms with Crippen LogP contribution in [0.3, 0.4) is 0 Å². The molecular formula is C26H20FNO2. The normalized spacial score (nSPS) is 23.1. The van der Waals surface area contributed by atoms with Crippen LogP contribution in [0.5, 0.6) is 0 Å². The van der Waals surface area contributed by atoms with Gasteiger partial charge in [-0.25, -0.2) is 4.39 Å². The third-order valence-electron chi connectivity index (χ3n) is 6.09. The molecule has 0 amide bonds. The van der Waals surface area contributed by atoms with E-state index in [0.29, 0.717) is 11.1 Å². The fourth-order valence-electron chi connectivity index (χ4n) is 4.61. The average Bonchev–Trinajstić information content (AvgIpc) is 2.77. The number of carbonyl (C=O) groups is 1. The van der Waals surface area contributed by atoms with E-state index in [1.165, 1.54) is 12.1 Å². The summed E-state index contributed by atoms with van der Waals surface area (Å²) < 4.78 is 14.1. The number of aldehydes is 1. The van der Waals surface area contributed by atoms with Gasteiger partial charge in [0.2, 0.25) is 0 Å². The minimum atomic E-state index is -1.10. The fourth-order valence-corrected chi connectivity index (χ4v) is 4.61. The Bertz CT molecular complexity index is 1230. The first kappa shape index (κ1) is 18.6. The molecule has 1 fully saturated rings. The lowest BCUT2D eigenvalue weighted by atomic mass is 9.55. The summed E-state index contributed by atoms with van der Waals surface area (Å²) in [5.74, 6) is -0.378. The maximum absolute atomic E-state index is 14.1. The van der Waals surface area contributed by atoms with Crippen molar-refractivity contribution < 1.29 is 14.3 Å². The second-order valence-electron chi connectivity index (χ2n) is 8.11. The molecule has 3 aromatic carbocycles. The number of benzene rings is 3. The van der Waals surface area contributed by atoms with Crippen molar-refractivity contribution in [1.82, 2.24) is 4.98 Å². The highest BCUT2D eigenvalue weighted by molar-refractivity contribution is 5.92. The van der Waals surface area contributed by atoms with Gasteiger partial charge in [0.15, 0.2) is 0 Å². The monoisotopic (exact) mass is 397 g/mol. The molecule has 0 unspecified atom stereocenters. The van der Waals surface area contributed by atoms with Crippen LogP contribution >= 0.6 is 0 Å². The molecule has 1 N–H and O–H groups in total. The van der Waals surface area contributed by atoms with Crippen LogP contribution in [0.25, 0.3) is 22.0 Å². The Morgan fingerprint density at radius 3 is 2.23 bits per heavy atom. The molecule has 148 valence electrons. The Kier molecular flexibility index (Phi) is 4.26. The summed E-state index contributed by atoms with van der Waals surface area (Å²) in [6.45, 7) is 0. The van der Waals surface area contributed by atoms with E-state index in [9.17, 15) is 14.3 Å². The maximum atomic E-state index is 14.1. The third kappa shape index (κ3) is 2.92. The van der Waals surface area contributed by atoms with Gasteiger partial charge in [-0.05, 0) is 42.0 Å². The van der Waals surface area contributed by atoms with Crippen molar-refractivity contribution >= 4 is 17.1 Å². The Balaban J connectivity index is 1.67. The molecule has 1 aliphatic rings. The van der Waals surface area contributed by atoms with Crippen molar-refractivity contribution in [3.05, 3.63) is 102 Å². The average molecular weight is 397 g/mol. The first-order valence-electron chi connectivity index (χ1n) is 9.94. The largest absolute Gasteiger partial charge is 0.385 e. The number of halogens is 1. The van der Waals surface area contributed by atoms with Crippen molar-refractivity contribution in [1.29, 1.82) is 0 Å². The predicted molar refractivity (Wildman–Crippen MR) is 114 cm³/mol. The quantitative estimate of drug-likeness (QED) is 0.484. The highest BCUT2D eigenvalue weighted by Gasteiger charge is 2.57. The van der Waals surface area contributed by atoms with Gasteiger partial charge in [0, 0.05) is 10.9 Å². The number of carbonyl (C=O) groups excluding carboxylic acids is 1. The van der Waals surface area contributed by atoms with Crippen molar-refractivity contribution in [2.75, 3.05) is 0 Å². The molecule has 0 radical (unpaired) electrons. The molecule has 0 spiro atoms. The highest BCUT2D eigenvalue weighted by Crippen LogP contribution is 2.55. The Morgan fingerprint density at radius 1 is 0.900 bits per heavy atom. The molecule has 0 aliphatic heterocycles. The molecule has 0 bridgehead atoms. The van der Waals surface area contributed by atoms with Gasteiger partial charge in [0.25, 0.3) is 0 Å². The van der Waals surface area contributed by atoms with Crippen LogP contribution < -0.4 is 0 Å². The molecule has 1 saturated carbocycles. The van der Waals surface area contributed by atoms with Crippen LogP contribution in [0.1, 0.15) is 24.1 Å². The number of aromatic nitrogens is 1. The molecule has 1 heterocycles. The van der Waals surface area contributed by atoms with Crippen LogP contribution in [0.4, 0.5) is 4.39 Å². The number of nitrogens with zero attached hydrogens (tertiary/aromatic N) is 1. The molecule has 5 rings (SSSR count). The van der Waals surface area contributed by atoms with E-state index in [1.807, 2.05) is 66.7 Å². The SMILES string of the molecule is O=CC1(c2nc(-c3ccccc3)cc3ccc(F)cc23)CC(O)(c2ccccc2)C1. The summed E-state index contributed by atoms with van der Waals surface area (Å²) >= 11 is 0. The Hall–Kier alpha value is -3.37. The molecule has 30 heavy (non-hydrogen) atoms. The second-order valence-corrected chi connectivity index (χ2v) is 8.11. The lowest BCUT2D eigenvalue weighted by Gasteiger charge is -2.50. The predicted octanol–water partition coefficient (Wildman–Crippen LogP) is 5.16. The molecule has 3 nitrogen and oxygen atoms in total. The molecule has 1 aromatic heterocycles. The van der Waals surface area contributed by atoms with E-state index in [1.54, 1.807) is 6.07 Å². The van der Waals surface area contributed by atoms with Gasteiger partial charge in [-0.2, -0.15) is 0 Å². The minimum absolute atomic E-state index is 0.213. The topological polar surface area (TPSA) is 50.2 Å². The molecule has 4 heteroatoms.